The molecule has 1 amide bonds. The minimum absolute atomic E-state index is 0.0438. The molecule has 2 heterocycles. The molecular weight excluding hydrogens is 299 g/mol. The van der Waals surface area contributed by atoms with Crippen LogP contribution in [0.5, 0.6) is 0 Å². The maximum absolute atomic E-state index is 13.8. The molecule has 3 atom stereocenters. The fourth-order valence-electron chi connectivity index (χ4n) is 2.77. The summed E-state index contributed by atoms with van der Waals surface area (Å²) in [5.41, 5.74) is 0.927. The van der Waals surface area contributed by atoms with Gasteiger partial charge in [-0.2, -0.15) is 0 Å². The molecule has 6 heteroatoms. The summed E-state index contributed by atoms with van der Waals surface area (Å²) in [6.45, 7) is 7.11. The number of amides is 1. The predicted octanol–water partition coefficient (Wildman–Crippen LogP) is 2.64. The second-order valence-electron chi connectivity index (χ2n) is 7.07. The van der Waals surface area contributed by atoms with Crippen LogP contribution in [0.15, 0.2) is 18.2 Å². The first-order valence-corrected chi connectivity index (χ1v) is 7.90. The van der Waals surface area contributed by atoms with Gasteiger partial charge in [-0.15, -0.1) is 0 Å². The van der Waals surface area contributed by atoms with E-state index in [2.05, 4.69) is 4.98 Å². The van der Waals surface area contributed by atoms with Gasteiger partial charge in [0.15, 0.2) is 0 Å². The molecule has 23 heavy (non-hydrogen) atoms. The van der Waals surface area contributed by atoms with Crippen LogP contribution in [0.1, 0.15) is 38.6 Å². The molecule has 0 aliphatic carbocycles. The molecule has 1 fully saturated rings. The zero-order chi connectivity index (χ0) is 17.2. The van der Waals surface area contributed by atoms with Crippen LogP contribution in [0.3, 0.4) is 0 Å². The second-order valence-corrected chi connectivity index (χ2v) is 7.07. The van der Waals surface area contributed by atoms with E-state index >= 15 is 0 Å². The Kier molecular flexibility index (Phi) is 5.24. The molecule has 1 aromatic heterocycles. The van der Waals surface area contributed by atoms with Gasteiger partial charge in [0.1, 0.15) is 11.8 Å². The number of ether oxygens (including phenoxy) is 1. The van der Waals surface area contributed by atoms with Gasteiger partial charge < -0.3 is 9.84 Å². The Bertz CT molecular complexity index is 559. The first-order valence-electron chi connectivity index (χ1n) is 7.90. The van der Waals surface area contributed by atoms with Gasteiger partial charge in [-0.05, 0) is 39.8 Å². The largest absolute Gasteiger partial charge is 0.444 e. The topological polar surface area (TPSA) is 62.7 Å². The maximum Gasteiger partial charge on any atom is 0.410 e. The number of aliphatic hydroxyl groups is 1. The predicted molar refractivity (Wildman–Crippen MR) is 84.9 cm³/mol. The Labute approximate surface area is 136 Å². The van der Waals surface area contributed by atoms with Gasteiger partial charge in [-0.1, -0.05) is 6.07 Å². The van der Waals surface area contributed by atoms with Gasteiger partial charge in [0.05, 0.1) is 18.7 Å². The van der Waals surface area contributed by atoms with E-state index < -0.39 is 30.0 Å². The molecule has 0 radical (unpaired) electrons. The number of carbonyl (C=O) groups is 1. The zero-order valence-electron chi connectivity index (χ0n) is 14.1. The van der Waals surface area contributed by atoms with Crippen molar-refractivity contribution < 1.29 is 19.0 Å². The van der Waals surface area contributed by atoms with Crippen molar-refractivity contribution >= 4 is 6.09 Å². The van der Waals surface area contributed by atoms with Crippen LogP contribution in [0.4, 0.5) is 9.18 Å². The normalized spacial score (nSPS) is 23.0. The van der Waals surface area contributed by atoms with Crippen LogP contribution in [-0.2, 0) is 11.2 Å². The second kappa shape index (κ2) is 6.83. The van der Waals surface area contributed by atoms with E-state index in [-0.39, 0.29) is 19.4 Å². The Morgan fingerprint density at radius 2 is 2.22 bits per heavy atom. The molecule has 1 N–H and O–H groups in total. The van der Waals surface area contributed by atoms with Gasteiger partial charge in [-0.25, -0.2) is 9.18 Å². The number of rotatable bonds is 3. The van der Waals surface area contributed by atoms with Gasteiger partial charge in [0.2, 0.25) is 0 Å². The highest BCUT2D eigenvalue weighted by Gasteiger charge is 2.41. The van der Waals surface area contributed by atoms with Crippen LogP contribution in [0.25, 0.3) is 0 Å². The minimum atomic E-state index is -1.15. The number of aromatic nitrogens is 1. The van der Waals surface area contributed by atoms with Gasteiger partial charge in [0.25, 0.3) is 0 Å². The quantitative estimate of drug-likeness (QED) is 0.928. The van der Waals surface area contributed by atoms with Crippen LogP contribution in [0.2, 0.25) is 0 Å². The van der Waals surface area contributed by atoms with E-state index in [9.17, 15) is 14.3 Å². The molecule has 0 unspecified atom stereocenters. The van der Waals surface area contributed by atoms with Crippen molar-refractivity contribution in [2.45, 2.75) is 64.5 Å². The highest BCUT2D eigenvalue weighted by Crippen LogP contribution is 2.26. The number of carbonyl (C=O) groups excluding carboxylic acids is 1. The highest BCUT2D eigenvalue weighted by molar-refractivity contribution is 5.69. The monoisotopic (exact) mass is 324 g/mol. The molecule has 0 aromatic carbocycles. The third kappa shape index (κ3) is 4.89. The van der Waals surface area contributed by atoms with Crippen molar-refractivity contribution in [1.82, 2.24) is 9.88 Å². The Morgan fingerprint density at radius 1 is 1.52 bits per heavy atom. The molecule has 1 aromatic rings. The average molecular weight is 324 g/mol. The Balaban J connectivity index is 2.07. The van der Waals surface area contributed by atoms with Crippen LogP contribution >= 0.6 is 0 Å². The standard InChI is InChI=1S/C17H25FN2O3/c1-11-6-5-7-13(19-11)9-15(21)14-8-12(18)10-20(14)16(22)23-17(2,3)4/h5-7,12,14-15,21H,8-10H2,1-4H3/t12-,14+,15-/m1/s1. The number of pyridine rings is 1. The van der Waals surface area contributed by atoms with Crippen LogP contribution < -0.4 is 0 Å². The lowest BCUT2D eigenvalue weighted by Crippen LogP contribution is -2.45. The maximum atomic E-state index is 13.8. The number of alkyl halides is 1. The van der Waals surface area contributed by atoms with E-state index in [4.69, 9.17) is 4.74 Å². The lowest BCUT2D eigenvalue weighted by molar-refractivity contribution is 0.00497. The van der Waals surface area contributed by atoms with Crippen molar-refractivity contribution in [3.05, 3.63) is 29.6 Å². The first-order chi connectivity index (χ1) is 10.7. The van der Waals surface area contributed by atoms with E-state index in [0.717, 1.165) is 11.4 Å². The van der Waals surface area contributed by atoms with E-state index in [1.54, 1.807) is 20.8 Å². The lowest BCUT2D eigenvalue weighted by Gasteiger charge is -2.30. The number of aryl methyl sites for hydroxylation is 1. The summed E-state index contributed by atoms with van der Waals surface area (Å²) in [4.78, 5) is 17.9. The van der Waals surface area contributed by atoms with Crippen LogP contribution in [0, 0.1) is 6.92 Å². The van der Waals surface area contributed by atoms with Crippen molar-refractivity contribution in [2.75, 3.05) is 6.54 Å². The molecule has 5 nitrogen and oxygen atoms in total. The SMILES string of the molecule is Cc1cccc(C[C@@H](O)[C@@H]2C[C@@H](F)CN2C(=O)OC(C)(C)C)n1. The van der Waals surface area contributed by atoms with Gasteiger partial charge in [-0.3, -0.25) is 9.88 Å². The number of hydrogen-bond acceptors (Lipinski definition) is 4. The van der Waals surface area contributed by atoms with Crippen molar-refractivity contribution in [3.63, 3.8) is 0 Å². The molecule has 128 valence electrons. The van der Waals surface area contributed by atoms with Gasteiger partial charge >= 0.3 is 6.09 Å². The molecule has 1 aliphatic rings. The zero-order valence-corrected chi connectivity index (χ0v) is 14.1. The number of nitrogens with zero attached hydrogens (tertiary/aromatic N) is 2. The summed E-state index contributed by atoms with van der Waals surface area (Å²) in [6.07, 6.45) is -2.21. The molecule has 1 saturated heterocycles. The third-order valence-corrected chi connectivity index (χ3v) is 3.73. The fourth-order valence-corrected chi connectivity index (χ4v) is 2.77. The number of likely N-dealkylation sites (tertiary alicyclic amines) is 1. The highest BCUT2D eigenvalue weighted by atomic mass is 19.1. The fraction of sp³-hybridized carbons (Fsp3) is 0.647. The van der Waals surface area contributed by atoms with Crippen molar-refractivity contribution in [3.8, 4) is 0 Å². The number of hydrogen-bond donors (Lipinski definition) is 1. The summed E-state index contributed by atoms with van der Waals surface area (Å²) in [5, 5.41) is 10.5. The van der Waals surface area contributed by atoms with E-state index in [0.29, 0.717) is 0 Å². The smallest absolute Gasteiger partial charge is 0.410 e. The summed E-state index contributed by atoms with van der Waals surface area (Å²) in [5.74, 6) is 0. The summed E-state index contributed by atoms with van der Waals surface area (Å²) >= 11 is 0. The van der Waals surface area contributed by atoms with Crippen molar-refractivity contribution in [2.24, 2.45) is 0 Å². The van der Waals surface area contributed by atoms with Crippen LogP contribution in [-0.4, -0.2) is 51.5 Å². The third-order valence-electron chi connectivity index (χ3n) is 3.73. The summed E-state index contributed by atoms with van der Waals surface area (Å²) < 4.78 is 19.1. The Hall–Kier alpha value is -1.69. The number of aliphatic hydroxyl groups excluding tert-OH is 1. The van der Waals surface area contributed by atoms with Gasteiger partial charge in [0, 0.05) is 24.2 Å². The molecule has 0 spiro atoms. The molecule has 0 saturated carbocycles. The molecule has 1 aliphatic heterocycles. The minimum Gasteiger partial charge on any atom is -0.444 e. The Morgan fingerprint density at radius 3 is 2.83 bits per heavy atom. The molecular formula is C17H25FN2O3. The summed E-state index contributed by atoms with van der Waals surface area (Å²) in [6, 6.07) is 4.95. The molecule has 0 bridgehead atoms. The van der Waals surface area contributed by atoms with E-state index in [1.165, 1.54) is 4.90 Å². The van der Waals surface area contributed by atoms with E-state index in [1.807, 2.05) is 25.1 Å². The lowest BCUT2D eigenvalue weighted by atomic mass is 10.0. The van der Waals surface area contributed by atoms with Crippen molar-refractivity contribution in [1.29, 1.82) is 0 Å². The summed E-state index contributed by atoms with van der Waals surface area (Å²) in [7, 11) is 0. The number of halogens is 1. The average Bonchev–Trinajstić information content (AvgIpc) is 2.79. The first kappa shape index (κ1) is 17.7. The molecule has 2 rings (SSSR count).